The Bertz CT molecular complexity index is 431. The first-order valence-corrected chi connectivity index (χ1v) is 6.89. The molecule has 0 aliphatic heterocycles. The van der Waals surface area contributed by atoms with Crippen molar-refractivity contribution in [3.05, 3.63) is 18.2 Å². The lowest BCUT2D eigenvalue weighted by Gasteiger charge is -2.15. The van der Waals surface area contributed by atoms with E-state index in [1.807, 2.05) is 30.1 Å². The Kier molecular flexibility index (Phi) is 4.74. The van der Waals surface area contributed by atoms with Gasteiger partial charge in [0.25, 0.3) is 0 Å². The van der Waals surface area contributed by atoms with E-state index in [0.717, 1.165) is 18.8 Å². The standard InChI is InChI=1S/C14H22N4O/c1-3-9-18(2)10-14(19)17-13-6-4-5-12(16-13)15-11-7-8-11/h4-6,11H,3,7-10H2,1-2H3,(H2,15,16,17,19). The molecule has 0 spiro atoms. The van der Waals surface area contributed by atoms with E-state index in [9.17, 15) is 4.79 Å². The van der Waals surface area contributed by atoms with Crippen LogP contribution >= 0.6 is 0 Å². The molecule has 0 radical (unpaired) electrons. The first kappa shape index (κ1) is 13.8. The second-order valence-electron chi connectivity index (χ2n) is 5.11. The van der Waals surface area contributed by atoms with Gasteiger partial charge in [-0.3, -0.25) is 9.69 Å². The van der Waals surface area contributed by atoms with Crippen molar-refractivity contribution >= 4 is 17.5 Å². The zero-order chi connectivity index (χ0) is 13.7. The summed E-state index contributed by atoms with van der Waals surface area (Å²) in [6, 6.07) is 6.21. The monoisotopic (exact) mass is 262 g/mol. The highest BCUT2D eigenvalue weighted by Gasteiger charge is 2.21. The van der Waals surface area contributed by atoms with E-state index in [-0.39, 0.29) is 5.91 Å². The average molecular weight is 262 g/mol. The van der Waals surface area contributed by atoms with Crippen LogP contribution in [0, 0.1) is 0 Å². The average Bonchev–Trinajstić information content (AvgIpc) is 3.13. The molecule has 19 heavy (non-hydrogen) atoms. The van der Waals surface area contributed by atoms with Gasteiger partial charge in [-0.15, -0.1) is 0 Å². The van der Waals surface area contributed by atoms with Gasteiger partial charge in [0.15, 0.2) is 0 Å². The molecule has 1 aliphatic rings. The first-order chi connectivity index (χ1) is 9.17. The number of pyridine rings is 1. The van der Waals surface area contributed by atoms with E-state index in [4.69, 9.17) is 0 Å². The van der Waals surface area contributed by atoms with Crippen LogP contribution in [0.3, 0.4) is 0 Å². The van der Waals surface area contributed by atoms with Gasteiger partial charge >= 0.3 is 0 Å². The highest BCUT2D eigenvalue weighted by molar-refractivity contribution is 5.91. The Morgan fingerprint density at radius 3 is 2.84 bits per heavy atom. The molecule has 2 N–H and O–H groups in total. The van der Waals surface area contributed by atoms with Crippen molar-refractivity contribution in [2.24, 2.45) is 0 Å². The topological polar surface area (TPSA) is 57.3 Å². The van der Waals surface area contributed by atoms with E-state index < -0.39 is 0 Å². The summed E-state index contributed by atoms with van der Waals surface area (Å²) in [6.45, 7) is 3.42. The lowest BCUT2D eigenvalue weighted by molar-refractivity contribution is -0.117. The third-order valence-electron chi connectivity index (χ3n) is 2.96. The van der Waals surface area contributed by atoms with Gasteiger partial charge in [-0.05, 0) is 45.0 Å². The van der Waals surface area contributed by atoms with Gasteiger partial charge in [0.05, 0.1) is 6.54 Å². The molecule has 1 saturated carbocycles. The maximum atomic E-state index is 11.8. The fraction of sp³-hybridized carbons (Fsp3) is 0.571. The van der Waals surface area contributed by atoms with Crippen LogP contribution in [-0.4, -0.2) is 42.0 Å². The molecule has 0 unspecified atom stereocenters. The largest absolute Gasteiger partial charge is 0.367 e. The Morgan fingerprint density at radius 2 is 2.16 bits per heavy atom. The molecule has 5 nitrogen and oxygen atoms in total. The van der Waals surface area contributed by atoms with E-state index in [1.165, 1.54) is 12.8 Å². The van der Waals surface area contributed by atoms with Gasteiger partial charge < -0.3 is 10.6 Å². The summed E-state index contributed by atoms with van der Waals surface area (Å²) in [5.74, 6) is 1.43. The quantitative estimate of drug-likeness (QED) is 0.788. The van der Waals surface area contributed by atoms with Gasteiger partial charge in [-0.2, -0.15) is 0 Å². The summed E-state index contributed by atoms with van der Waals surface area (Å²) in [6.07, 6.45) is 3.46. The number of likely N-dealkylation sites (N-methyl/N-ethyl adjacent to an activating group) is 1. The number of nitrogens with zero attached hydrogens (tertiary/aromatic N) is 2. The number of anilines is 2. The molecule has 1 aliphatic carbocycles. The predicted octanol–water partition coefficient (Wildman–Crippen LogP) is 1.94. The van der Waals surface area contributed by atoms with Crippen LogP contribution in [0.5, 0.6) is 0 Å². The van der Waals surface area contributed by atoms with Crippen LogP contribution in [0.25, 0.3) is 0 Å². The lowest BCUT2D eigenvalue weighted by atomic mass is 10.4. The van der Waals surface area contributed by atoms with E-state index in [0.29, 0.717) is 18.4 Å². The lowest BCUT2D eigenvalue weighted by Crippen LogP contribution is -2.30. The maximum Gasteiger partial charge on any atom is 0.239 e. The number of hydrogen-bond donors (Lipinski definition) is 2. The Hall–Kier alpha value is -1.62. The smallest absolute Gasteiger partial charge is 0.239 e. The van der Waals surface area contributed by atoms with Crippen molar-refractivity contribution in [3.63, 3.8) is 0 Å². The molecule has 1 aromatic heterocycles. The SMILES string of the molecule is CCCN(C)CC(=O)Nc1cccc(NC2CC2)n1. The number of amides is 1. The number of carbonyl (C=O) groups is 1. The summed E-state index contributed by atoms with van der Waals surface area (Å²) >= 11 is 0. The molecule has 1 heterocycles. The molecule has 1 fully saturated rings. The summed E-state index contributed by atoms with van der Waals surface area (Å²) in [4.78, 5) is 18.2. The Balaban J connectivity index is 1.85. The second-order valence-corrected chi connectivity index (χ2v) is 5.11. The van der Waals surface area contributed by atoms with Crippen molar-refractivity contribution in [1.29, 1.82) is 0 Å². The third kappa shape index (κ3) is 4.87. The fourth-order valence-corrected chi connectivity index (χ4v) is 1.91. The molecular formula is C14H22N4O. The summed E-state index contributed by atoms with van der Waals surface area (Å²) < 4.78 is 0. The first-order valence-electron chi connectivity index (χ1n) is 6.89. The number of aromatic nitrogens is 1. The molecule has 0 saturated heterocycles. The second kappa shape index (κ2) is 6.52. The normalized spacial score (nSPS) is 14.5. The summed E-state index contributed by atoms with van der Waals surface area (Å²) in [7, 11) is 1.95. The van der Waals surface area contributed by atoms with Crippen molar-refractivity contribution < 1.29 is 4.79 Å². The van der Waals surface area contributed by atoms with Crippen molar-refractivity contribution in [3.8, 4) is 0 Å². The van der Waals surface area contributed by atoms with Crippen molar-refractivity contribution in [2.45, 2.75) is 32.2 Å². The molecule has 1 aromatic rings. The van der Waals surface area contributed by atoms with Gasteiger partial charge in [0, 0.05) is 6.04 Å². The van der Waals surface area contributed by atoms with Crippen molar-refractivity contribution in [1.82, 2.24) is 9.88 Å². The molecule has 0 atom stereocenters. The van der Waals surface area contributed by atoms with Crippen molar-refractivity contribution in [2.75, 3.05) is 30.8 Å². The van der Waals surface area contributed by atoms with Crippen LogP contribution in [-0.2, 0) is 4.79 Å². The van der Waals surface area contributed by atoms with Crippen LogP contribution in [0.4, 0.5) is 11.6 Å². The maximum absolute atomic E-state index is 11.8. The molecule has 5 heteroatoms. The molecule has 1 amide bonds. The minimum absolute atomic E-state index is 0.0213. The van der Waals surface area contributed by atoms with E-state index in [2.05, 4.69) is 22.5 Å². The zero-order valence-electron chi connectivity index (χ0n) is 11.6. The van der Waals surface area contributed by atoms with Crippen LogP contribution < -0.4 is 10.6 Å². The van der Waals surface area contributed by atoms with Gasteiger partial charge in [0.2, 0.25) is 5.91 Å². The van der Waals surface area contributed by atoms with Crippen LogP contribution in [0.15, 0.2) is 18.2 Å². The minimum Gasteiger partial charge on any atom is -0.367 e. The highest BCUT2D eigenvalue weighted by atomic mass is 16.2. The molecule has 104 valence electrons. The molecule has 0 aromatic carbocycles. The molecule has 2 rings (SSSR count). The molecular weight excluding hydrogens is 240 g/mol. The molecule has 0 bridgehead atoms. The highest BCUT2D eigenvalue weighted by Crippen LogP contribution is 2.24. The number of hydrogen-bond acceptors (Lipinski definition) is 4. The third-order valence-corrected chi connectivity index (χ3v) is 2.96. The number of nitrogens with one attached hydrogen (secondary N) is 2. The van der Waals surface area contributed by atoms with E-state index >= 15 is 0 Å². The summed E-state index contributed by atoms with van der Waals surface area (Å²) in [5, 5.41) is 6.15. The number of rotatable bonds is 7. The minimum atomic E-state index is -0.0213. The Morgan fingerprint density at radius 1 is 1.42 bits per heavy atom. The summed E-state index contributed by atoms with van der Waals surface area (Å²) in [5.41, 5.74) is 0. The zero-order valence-corrected chi connectivity index (χ0v) is 11.6. The Labute approximate surface area is 114 Å². The van der Waals surface area contributed by atoms with Gasteiger partial charge in [-0.25, -0.2) is 4.98 Å². The fourth-order valence-electron chi connectivity index (χ4n) is 1.91. The number of carbonyl (C=O) groups excluding carboxylic acids is 1. The van der Waals surface area contributed by atoms with E-state index in [1.54, 1.807) is 0 Å². The van der Waals surface area contributed by atoms with Gasteiger partial charge in [-0.1, -0.05) is 13.0 Å². The van der Waals surface area contributed by atoms with Crippen LogP contribution in [0.2, 0.25) is 0 Å². The predicted molar refractivity (Wildman–Crippen MR) is 77.3 cm³/mol. The van der Waals surface area contributed by atoms with Gasteiger partial charge in [0.1, 0.15) is 11.6 Å². The van der Waals surface area contributed by atoms with Crippen LogP contribution in [0.1, 0.15) is 26.2 Å².